The highest BCUT2D eigenvalue weighted by Gasteiger charge is 2.43. The van der Waals surface area contributed by atoms with Gasteiger partial charge in [0.15, 0.2) is 15.1 Å². The number of hydrogen-bond donors (Lipinski definition) is 12. The zero-order valence-electron chi connectivity index (χ0n) is 37.8. The summed E-state index contributed by atoms with van der Waals surface area (Å²) in [6.45, 7) is -2.00. The summed E-state index contributed by atoms with van der Waals surface area (Å²) in [5.74, 6) is -6.07. The van der Waals surface area contributed by atoms with Gasteiger partial charge in [-0.3, -0.25) is 43.6 Å². The van der Waals surface area contributed by atoms with Crippen LogP contribution in [0.15, 0.2) is 59.5 Å². The van der Waals surface area contributed by atoms with Crippen molar-refractivity contribution < 1.29 is 66.6 Å². The summed E-state index contributed by atoms with van der Waals surface area (Å²) < 4.78 is 32.3. The fourth-order valence-corrected chi connectivity index (χ4v) is 10.5. The minimum Gasteiger partial charge on any atom is -0.497 e. The maximum absolute atomic E-state index is 13.7. The van der Waals surface area contributed by atoms with E-state index >= 15 is 0 Å². The van der Waals surface area contributed by atoms with Gasteiger partial charge in [-0.05, 0) is 61.9 Å². The first kappa shape index (κ1) is 55.1. The van der Waals surface area contributed by atoms with Crippen LogP contribution in [0.25, 0.3) is 0 Å². The SMILES string of the molecule is COc1ccc(S(=O)(=O)C(CC(=O)NO)C(=O)N[C@@H](Cc2ccccc2)C(=O)N[C@@H](CO)C(=O)NCC(=O)NCC(=O)N[C@@H](CCCCNC(=O)CCCC[C@@H]2SC[C@@H]3NC(=O)N[C@@H]32)C(N)=O)cc1. The van der Waals surface area contributed by atoms with Crippen molar-refractivity contribution in [2.45, 2.75) is 103 Å². The molecule has 69 heavy (non-hydrogen) atoms. The number of carbonyl (C=O) groups is 9. The molecule has 1 unspecified atom stereocenters. The van der Waals surface area contributed by atoms with Crippen LogP contribution < -0.4 is 58.5 Å². The van der Waals surface area contributed by atoms with Gasteiger partial charge in [-0.2, -0.15) is 11.8 Å². The number of hydrogen-bond acceptors (Lipinski definition) is 15. The van der Waals surface area contributed by atoms with Crippen molar-refractivity contribution in [3.05, 3.63) is 60.2 Å². The number of nitrogens with two attached hydrogens (primary N) is 1. The lowest BCUT2D eigenvalue weighted by atomic mass is 10.0. The molecule has 26 heteroatoms. The van der Waals surface area contributed by atoms with Crippen molar-refractivity contribution in [3.63, 3.8) is 0 Å². The molecule has 2 aromatic carbocycles. The number of primary amides is 1. The predicted molar refractivity (Wildman–Crippen MR) is 248 cm³/mol. The fourth-order valence-electron chi connectivity index (χ4n) is 7.40. The lowest BCUT2D eigenvalue weighted by Crippen LogP contribution is -2.57. The molecule has 10 amide bonds. The Balaban J connectivity index is 1.20. The summed E-state index contributed by atoms with van der Waals surface area (Å²) in [6.07, 6.45) is 2.55. The number of aliphatic hydroxyl groups excluding tert-OH is 1. The minimum absolute atomic E-state index is 0.110. The second-order valence-corrected chi connectivity index (χ2v) is 19.6. The van der Waals surface area contributed by atoms with E-state index in [1.807, 2.05) is 11.8 Å². The number of hydroxylamine groups is 1. The number of thioether (sulfide) groups is 1. The highest BCUT2D eigenvalue weighted by molar-refractivity contribution is 8.00. The van der Waals surface area contributed by atoms with Gasteiger partial charge < -0.3 is 58.1 Å². The zero-order valence-corrected chi connectivity index (χ0v) is 39.5. The summed E-state index contributed by atoms with van der Waals surface area (Å²) >= 11 is 1.82. The van der Waals surface area contributed by atoms with Crippen molar-refractivity contribution in [1.29, 1.82) is 0 Å². The van der Waals surface area contributed by atoms with Gasteiger partial charge in [-0.1, -0.05) is 36.8 Å². The van der Waals surface area contributed by atoms with Crippen molar-refractivity contribution in [2.75, 3.05) is 39.1 Å². The number of fused-ring (bicyclic) bond motifs is 1. The lowest BCUT2D eigenvalue weighted by molar-refractivity contribution is -0.134. The third-order valence-corrected chi connectivity index (χ3v) is 14.7. The Kier molecular flexibility index (Phi) is 21.9. The Morgan fingerprint density at radius 3 is 2.14 bits per heavy atom. The van der Waals surface area contributed by atoms with Crippen molar-refractivity contribution in [3.8, 4) is 5.75 Å². The van der Waals surface area contributed by atoms with E-state index in [-0.39, 0.29) is 41.8 Å². The topological polar surface area (TPSA) is 372 Å². The summed E-state index contributed by atoms with van der Waals surface area (Å²) in [7, 11) is -3.30. The number of nitrogens with one attached hydrogen (secondary N) is 9. The summed E-state index contributed by atoms with van der Waals surface area (Å²) in [5, 5.41) is 37.5. The first-order chi connectivity index (χ1) is 32.9. The van der Waals surface area contributed by atoms with Gasteiger partial charge in [-0.25, -0.2) is 18.7 Å². The third kappa shape index (κ3) is 17.5. The van der Waals surface area contributed by atoms with Gasteiger partial charge in [0.1, 0.15) is 23.9 Å². The van der Waals surface area contributed by atoms with E-state index in [4.69, 9.17) is 15.7 Å². The smallest absolute Gasteiger partial charge is 0.315 e. The molecule has 2 aliphatic heterocycles. The van der Waals surface area contributed by atoms with E-state index < -0.39 is 101 Å². The number of amides is 10. The number of unbranched alkanes of at least 4 members (excludes halogenated alkanes) is 2. The number of sulfone groups is 1. The Morgan fingerprint density at radius 2 is 1.48 bits per heavy atom. The van der Waals surface area contributed by atoms with Crippen molar-refractivity contribution >= 4 is 74.9 Å². The lowest BCUT2D eigenvalue weighted by Gasteiger charge is -2.24. The second kappa shape index (κ2) is 27.5. The Hall–Kier alpha value is -6.51. The molecule has 2 saturated heterocycles. The molecule has 0 radical (unpaired) electrons. The first-order valence-corrected chi connectivity index (χ1v) is 24.7. The van der Waals surface area contributed by atoms with Crippen LogP contribution >= 0.6 is 11.8 Å². The Bertz CT molecular complexity index is 2240. The normalized spacial score (nSPS) is 17.8. The van der Waals surface area contributed by atoms with Gasteiger partial charge in [0, 0.05) is 30.4 Å². The van der Waals surface area contributed by atoms with E-state index in [0.717, 1.165) is 30.7 Å². The van der Waals surface area contributed by atoms with E-state index in [0.29, 0.717) is 48.8 Å². The molecular weight excluding hydrogens is 945 g/mol. The van der Waals surface area contributed by atoms with Crippen LogP contribution in [-0.4, -0.2) is 152 Å². The third-order valence-electron chi connectivity index (χ3n) is 11.2. The first-order valence-electron chi connectivity index (χ1n) is 22.1. The molecule has 13 N–H and O–H groups in total. The van der Waals surface area contributed by atoms with Crippen molar-refractivity contribution in [1.82, 2.24) is 48.0 Å². The Labute approximate surface area is 402 Å². The van der Waals surface area contributed by atoms with Crippen LogP contribution in [0.5, 0.6) is 5.75 Å². The van der Waals surface area contributed by atoms with Gasteiger partial charge in [0.2, 0.25) is 47.3 Å². The number of carbonyl (C=O) groups excluding carboxylic acids is 9. The van der Waals surface area contributed by atoms with Gasteiger partial charge in [0.25, 0.3) is 0 Å². The molecule has 0 saturated carbocycles. The molecule has 7 atom stereocenters. The monoisotopic (exact) mass is 1000 g/mol. The maximum Gasteiger partial charge on any atom is 0.315 e. The maximum atomic E-state index is 13.7. The number of methoxy groups -OCH3 is 1. The highest BCUT2D eigenvalue weighted by atomic mass is 32.2. The fraction of sp³-hybridized carbons (Fsp3) is 0.512. The molecule has 2 aromatic rings. The van der Waals surface area contributed by atoms with E-state index in [9.17, 15) is 56.7 Å². The minimum atomic E-state index is -4.65. The van der Waals surface area contributed by atoms with Crippen LogP contribution in [0.2, 0.25) is 0 Å². The van der Waals surface area contributed by atoms with Crippen LogP contribution in [0.1, 0.15) is 56.9 Å². The van der Waals surface area contributed by atoms with Crippen LogP contribution in [0.3, 0.4) is 0 Å². The quantitative estimate of drug-likeness (QED) is 0.0169. The highest BCUT2D eigenvalue weighted by Crippen LogP contribution is 2.33. The van der Waals surface area contributed by atoms with Crippen LogP contribution in [0.4, 0.5) is 4.79 Å². The summed E-state index contributed by atoms with van der Waals surface area (Å²) in [4.78, 5) is 113. The standard InChI is InChI=1S/C43H60N10O14S2/c1-67-26-14-16-27(17-15-26)69(65,66)33(20-35(56)53-64)42(62)49-29(19-25-9-3-2-4-10-25)41(61)50-30(23-54)40(60)47-21-36(57)46-22-37(58)48-28(39(44)59)11-7-8-18-45-34(55)13-6-5-12-32-38-31(24-68-32)51-43(63)52-38/h2-4,9-10,14-17,28-33,38,54,64H,5-8,11-13,18-24H2,1H3,(H2,44,59)(H,45,55)(H,46,57)(H,47,60)(H,48,58)(H,49,62)(H,50,61)(H,53,56)(H2,51,52,63)/t28-,29-,30-,31-,32-,33?,38-/m0/s1. The Morgan fingerprint density at radius 1 is 0.783 bits per heavy atom. The summed E-state index contributed by atoms with van der Waals surface area (Å²) in [5.41, 5.74) is 7.23. The molecule has 0 aromatic heterocycles. The number of urea groups is 1. The molecule has 0 bridgehead atoms. The van der Waals surface area contributed by atoms with E-state index in [1.54, 1.807) is 30.3 Å². The molecule has 24 nitrogen and oxygen atoms in total. The molecule has 2 heterocycles. The summed E-state index contributed by atoms with van der Waals surface area (Å²) in [6, 6.07) is 8.77. The van der Waals surface area contributed by atoms with Gasteiger partial charge >= 0.3 is 6.03 Å². The molecule has 4 rings (SSSR count). The van der Waals surface area contributed by atoms with Crippen LogP contribution in [-0.2, 0) is 54.6 Å². The molecule has 2 aliphatic rings. The van der Waals surface area contributed by atoms with Crippen molar-refractivity contribution in [2.24, 2.45) is 5.73 Å². The largest absolute Gasteiger partial charge is 0.497 e. The molecule has 0 spiro atoms. The van der Waals surface area contributed by atoms with Gasteiger partial charge in [0.05, 0.1) is 50.2 Å². The second-order valence-electron chi connectivity index (χ2n) is 16.2. The molecule has 378 valence electrons. The molecule has 0 aliphatic carbocycles. The number of benzene rings is 2. The van der Waals surface area contributed by atoms with Gasteiger partial charge in [-0.15, -0.1) is 0 Å². The predicted octanol–water partition coefficient (Wildman–Crippen LogP) is -2.85. The average molecular weight is 1010 g/mol. The number of rotatable bonds is 29. The van der Waals surface area contributed by atoms with E-state index in [2.05, 4.69) is 42.5 Å². The zero-order chi connectivity index (χ0) is 50.5. The van der Waals surface area contributed by atoms with Crippen LogP contribution in [0, 0.1) is 0 Å². The number of aliphatic hydroxyl groups is 1. The molecular formula is C43H60N10O14S2. The molecule has 2 fully saturated rings. The average Bonchev–Trinajstić information content (AvgIpc) is 3.90. The van der Waals surface area contributed by atoms with E-state index in [1.165, 1.54) is 24.7 Å². The number of ether oxygens (including phenoxy) is 1.